The number of amides is 3. The van der Waals surface area contributed by atoms with Gasteiger partial charge in [0.15, 0.2) is 0 Å². The molecule has 3 saturated heterocycles. The van der Waals surface area contributed by atoms with Crippen LogP contribution in [-0.4, -0.2) is 84.4 Å². The summed E-state index contributed by atoms with van der Waals surface area (Å²) < 4.78 is 5.44. The summed E-state index contributed by atoms with van der Waals surface area (Å²) in [6.07, 6.45) is 7.71. The van der Waals surface area contributed by atoms with E-state index < -0.39 is 6.04 Å². The number of hydrogen-bond acceptors (Lipinski definition) is 5. The second-order valence-corrected chi connectivity index (χ2v) is 10.0. The summed E-state index contributed by atoms with van der Waals surface area (Å²) in [6, 6.07) is -0.651. The van der Waals surface area contributed by atoms with Gasteiger partial charge in [-0.15, -0.1) is 0 Å². The monoisotopic (exact) mass is 431 g/mol. The summed E-state index contributed by atoms with van der Waals surface area (Å²) in [7, 11) is 0. The molecule has 3 unspecified atom stereocenters. The molecule has 31 heavy (non-hydrogen) atoms. The molecule has 172 valence electrons. The lowest BCUT2D eigenvalue weighted by Gasteiger charge is -2.38. The molecular weight excluding hydrogens is 394 g/mol. The molecule has 4 rings (SSSR count). The third-order valence-corrected chi connectivity index (χ3v) is 7.38. The molecule has 0 aromatic heterocycles. The summed E-state index contributed by atoms with van der Waals surface area (Å²) in [5, 5.41) is 0. The summed E-state index contributed by atoms with van der Waals surface area (Å²) >= 11 is 0. The standard InChI is InChI=1S/C24H37N3O4/c1-17(2)15-21(27-22(28)19-5-3-4-6-20(19)23(27)29)24(30)26-9-7-18(8-10-26)16-25-11-13-31-14-12-25/h3-4,17-21H,5-16H2,1-2H3. The minimum atomic E-state index is -0.651. The molecule has 0 radical (unpaired) electrons. The van der Waals surface area contributed by atoms with Gasteiger partial charge in [-0.1, -0.05) is 26.0 Å². The third kappa shape index (κ3) is 4.87. The molecule has 0 saturated carbocycles. The van der Waals surface area contributed by atoms with Crippen LogP contribution in [0, 0.1) is 23.7 Å². The number of hydrogen-bond donors (Lipinski definition) is 0. The second kappa shape index (κ2) is 9.82. The fourth-order valence-corrected chi connectivity index (χ4v) is 5.59. The SMILES string of the molecule is CC(C)CC(C(=O)N1CCC(CN2CCOCC2)CC1)N1C(=O)C2CC=CCC2C1=O. The molecule has 3 fully saturated rings. The highest BCUT2D eigenvalue weighted by molar-refractivity contribution is 6.08. The molecule has 3 aliphatic heterocycles. The van der Waals surface area contributed by atoms with Crippen LogP contribution in [0.3, 0.4) is 0 Å². The van der Waals surface area contributed by atoms with Gasteiger partial charge in [-0.25, -0.2) is 0 Å². The summed E-state index contributed by atoms with van der Waals surface area (Å²) in [4.78, 5) is 45.5. The number of rotatable bonds is 6. The minimum Gasteiger partial charge on any atom is -0.379 e. The van der Waals surface area contributed by atoms with Crippen LogP contribution < -0.4 is 0 Å². The van der Waals surface area contributed by atoms with Crippen molar-refractivity contribution in [2.24, 2.45) is 23.7 Å². The summed E-state index contributed by atoms with van der Waals surface area (Å²) in [5.74, 6) is -0.0461. The van der Waals surface area contributed by atoms with Gasteiger partial charge in [0.1, 0.15) is 6.04 Å². The van der Waals surface area contributed by atoms with E-state index in [1.165, 1.54) is 4.90 Å². The average molecular weight is 432 g/mol. The van der Waals surface area contributed by atoms with E-state index in [0.717, 1.165) is 45.7 Å². The van der Waals surface area contributed by atoms with E-state index in [-0.39, 0.29) is 35.5 Å². The molecule has 0 aromatic rings. The number of nitrogens with zero attached hydrogens (tertiary/aromatic N) is 3. The zero-order valence-corrected chi connectivity index (χ0v) is 19.0. The Morgan fingerprint density at radius 2 is 1.58 bits per heavy atom. The van der Waals surface area contributed by atoms with Gasteiger partial charge in [-0.3, -0.25) is 24.2 Å². The molecular formula is C24H37N3O4. The Bertz CT molecular complexity index is 682. The lowest BCUT2D eigenvalue weighted by molar-refractivity contribution is -0.153. The number of imide groups is 1. The van der Waals surface area contributed by atoms with Gasteiger partial charge in [0.2, 0.25) is 17.7 Å². The maximum absolute atomic E-state index is 13.6. The molecule has 7 heteroatoms. The summed E-state index contributed by atoms with van der Waals surface area (Å²) in [6.45, 7) is 10.2. The zero-order chi connectivity index (χ0) is 22.0. The van der Waals surface area contributed by atoms with Gasteiger partial charge >= 0.3 is 0 Å². The lowest BCUT2D eigenvalue weighted by Crippen LogP contribution is -2.54. The predicted molar refractivity (Wildman–Crippen MR) is 117 cm³/mol. The minimum absolute atomic E-state index is 0.0353. The van der Waals surface area contributed by atoms with Crippen LogP contribution in [0.15, 0.2) is 12.2 Å². The van der Waals surface area contributed by atoms with Gasteiger partial charge in [0, 0.05) is 32.7 Å². The van der Waals surface area contributed by atoms with Crippen molar-refractivity contribution < 1.29 is 19.1 Å². The first kappa shape index (κ1) is 22.5. The fourth-order valence-electron chi connectivity index (χ4n) is 5.59. The van der Waals surface area contributed by atoms with Crippen LogP contribution in [0.25, 0.3) is 0 Å². The number of allylic oxidation sites excluding steroid dienone is 2. The third-order valence-electron chi connectivity index (χ3n) is 7.38. The Labute approximate surface area is 185 Å². The number of fused-ring (bicyclic) bond motifs is 1. The molecule has 0 N–H and O–H groups in total. The van der Waals surface area contributed by atoms with Crippen molar-refractivity contribution in [1.29, 1.82) is 0 Å². The normalized spacial score (nSPS) is 29.0. The van der Waals surface area contributed by atoms with Gasteiger partial charge < -0.3 is 9.64 Å². The molecule has 0 spiro atoms. The number of ether oxygens (including phenoxy) is 1. The smallest absolute Gasteiger partial charge is 0.245 e. The first-order valence-corrected chi connectivity index (χ1v) is 12.1. The Morgan fingerprint density at radius 3 is 2.13 bits per heavy atom. The van der Waals surface area contributed by atoms with Gasteiger partial charge in [0.25, 0.3) is 0 Å². The van der Waals surface area contributed by atoms with Crippen molar-refractivity contribution in [3.63, 3.8) is 0 Å². The number of piperidine rings is 1. The van der Waals surface area contributed by atoms with E-state index in [1.807, 2.05) is 17.1 Å². The maximum Gasteiger partial charge on any atom is 0.245 e. The number of carbonyl (C=O) groups is 3. The molecule has 0 aromatic carbocycles. The highest BCUT2D eigenvalue weighted by Gasteiger charge is 2.51. The van der Waals surface area contributed by atoms with Crippen LogP contribution in [0.1, 0.15) is 46.0 Å². The topological polar surface area (TPSA) is 70.2 Å². The van der Waals surface area contributed by atoms with Crippen molar-refractivity contribution in [1.82, 2.24) is 14.7 Å². The quantitative estimate of drug-likeness (QED) is 0.475. The van der Waals surface area contributed by atoms with E-state index in [4.69, 9.17) is 4.74 Å². The Hall–Kier alpha value is -1.73. The average Bonchev–Trinajstić information content (AvgIpc) is 3.03. The van der Waals surface area contributed by atoms with Crippen molar-refractivity contribution in [3.05, 3.63) is 12.2 Å². The van der Waals surface area contributed by atoms with Crippen molar-refractivity contribution >= 4 is 17.7 Å². The van der Waals surface area contributed by atoms with Gasteiger partial charge in [-0.05, 0) is 43.9 Å². The van der Waals surface area contributed by atoms with Gasteiger partial charge in [0.05, 0.1) is 25.0 Å². The van der Waals surface area contributed by atoms with Crippen LogP contribution in [0.2, 0.25) is 0 Å². The molecule has 7 nitrogen and oxygen atoms in total. The van der Waals surface area contributed by atoms with E-state index >= 15 is 0 Å². The highest BCUT2D eigenvalue weighted by atomic mass is 16.5. The molecule has 3 heterocycles. The molecule has 1 aliphatic carbocycles. The van der Waals surface area contributed by atoms with E-state index in [2.05, 4.69) is 18.7 Å². The van der Waals surface area contributed by atoms with Crippen LogP contribution in [0.4, 0.5) is 0 Å². The largest absolute Gasteiger partial charge is 0.379 e. The lowest BCUT2D eigenvalue weighted by atomic mass is 9.85. The van der Waals surface area contributed by atoms with Gasteiger partial charge in [-0.2, -0.15) is 0 Å². The molecule has 0 bridgehead atoms. The van der Waals surface area contributed by atoms with E-state index in [0.29, 0.717) is 38.3 Å². The molecule has 3 atom stereocenters. The Kier molecular flexibility index (Phi) is 7.12. The number of likely N-dealkylation sites (tertiary alicyclic amines) is 2. The van der Waals surface area contributed by atoms with E-state index in [1.54, 1.807) is 0 Å². The van der Waals surface area contributed by atoms with Crippen LogP contribution >= 0.6 is 0 Å². The van der Waals surface area contributed by atoms with Crippen molar-refractivity contribution in [2.75, 3.05) is 45.9 Å². The Morgan fingerprint density at radius 1 is 1.00 bits per heavy atom. The first-order valence-electron chi connectivity index (χ1n) is 12.1. The van der Waals surface area contributed by atoms with Crippen LogP contribution in [0.5, 0.6) is 0 Å². The zero-order valence-electron chi connectivity index (χ0n) is 19.0. The Balaban J connectivity index is 1.40. The highest BCUT2D eigenvalue weighted by Crippen LogP contribution is 2.37. The number of morpholine rings is 1. The second-order valence-electron chi connectivity index (χ2n) is 10.0. The first-order chi connectivity index (χ1) is 15.0. The predicted octanol–water partition coefficient (Wildman–Crippen LogP) is 1.92. The fraction of sp³-hybridized carbons (Fsp3) is 0.792. The number of carbonyl (C=O) groups excluding carboxylic acids is 3. The maximum atomic E-state index is 13.6. The van der Waals surface area contributed by atoms with Crippen molar-refractivity contribution in [2.45, 2.75) is 52.0 Å². The van der Waals surface area contributed by atoms with Crippen LogP contribution in [-0.2, 0) is 19.1 Å². The molecule has 4 aliphatic rings. The summed E-state index contributed by atoms with van der Waals surface area (Å²) in [5.41, 5.74) is 0. The molecule has 3 amide bonds. The van der Waals surface area contributed by atoms with E-state index in [9.17, 15) is 14.4 Å². The van der Waals surface area contributed by atoms with Crippen molar-refractivity contribution in [3.8, 4) is 0 Å².